The first kappa shape index (κ1) is 16.3. The van der Waals surface area contributed by atoms with Crippen LogP contribution in [-0.4, -0.2) is 43.6 Å². The highest BCUT2D eigenvalue weighted by molar-refractivity contribution is 5.35. The molecule has 0 aromatic heterocycles. The molecule has 4 nitrogen and oxygen atoms in total. The van der Waals surface area contributed by atoms with Crippen molar-refractivity contribution in [1.29, 1.82) is 0 Å². The Labute approximate surface area is 127 Å². The molecule has 0 radical (unpaired) electrons. The summed E-state index contributed by atoms with van der Waals surface area (Å²) in [5, 5.41) is 13.2. The van der Waals surface area contributed by atoms with E-state index in [0.717, 1.165) is 30.9 Å². The van der Waals surface area contributed by atoms with E-state index in [9.17, 15) is 5.11 Å². The molecule has 0 saturated carbocycles. The van der Waals surface area contributed by atoms with Crippen LogP contribution in [0.3, 0.4) is 0 Å². The minimum Gasteiger partial charge on any atom is -0.491 e. The Balaban J connectivity index is 1.60. The largest absolute Gasteiger partial charge is 0.491 e. The summed E-state index contributed by atoms with van der Waals surface area (Å²) < 4.78 is 11.3. The maximum absolute atomic E-state index is 9.94. The van der Waals surface area contributed by atoms with Gasteiger partial charge in [0.15, 0.2) is 0 Å². The molecular formula is C17H27NO3. The summed E-state index contributed by atoms with van der Waals surface area (Å²) >= 11 is 0. The number of aryl methyl sites for hydroxylation is 2. The number of rotatable bonds is 8. The summed E-state index contributed by atoms with van der Waals surface area (Å²) in [6.45, 7) is 6.70. The maximum atomic E-state index is 9.94. The van der Waals surface area contributed by atoms with Crippen molar-refractivity contribution in [2.24, 2.45) is 0 Å². The lowest BCUT2D eigenvalue weighted by Crippen LogP contribution is -2.33. The lowest BCUT2D eigenvalue weighted by Gasteiger charge is -2.16. The summed E-state index contributed by atoms with van der Waals surface area (Å²) in [4.78, 5) is 0. The number of nitrogens with one attached hydrogen (secondary N) is 1. The van der Waals surface area contributed by atoms with Crippen molar-refractivity contribution in [2.45, 2.75) is 45.3 Å². The van der Waals surface area contributed by atoms with Gasteiger partial charge in [-0.25, -0.2) is 0 Å². The molecule has 1 aromatic carbocycles. The minimum absolute atomic E-state index is 0.317. The highest BCUT2D eigenvalue weighted by atomic mass is 16.5. The summed E-state index contributed by atoms with van der Waals surface area (Å²) in [7, 11) is 0. The van der Waals surface area contributed by atoms with Gasteiger partial charge >= 0.3 is 0 Å². The average Bonchev–Trinajstić information content (AvgIpc) is 2.98. The number of aliphatic hydroxyl groups is 1. The molecule has 2 unspecified atom stereocenters. The molecule has 1 fully saturated rings. The van der Waals surface area contributed by atoms with Gasteiger partial charge in [-0.05, 0) is 56.8 Å². The zero-order valence-electron chi connectivity index (χ0n) is 13.1. The molecule has 0 amide bonds. The van der Waals surface area contributed by atoms with Crippen molar-refractivity contribution in [1.82, 2.24) is 5.32 Å². The Hall–Kier alpha value is -1.10. The highest BCUT2D eigenvalue weighted by Crippen LogP contribution is 2.19. The molecule has 1 saturated heterocycles. The first-order chi connectivity index (χ1) is 10.1. The Morgan fingerprint density at radius 1 is 1.43 bits per heavy atom. The van der Waals surface area contributed by atoms with Crippen molar-refractivity contribution in [2.75, 3.05) is 26.3 Å². The first-order valence-corrected chi connectivity index (χ1v) is 7.85. The fourth-order valence-corrected chi connectivity index (χ4v) is 2.51. The molecule has 1 heterocycles. The number of ether oxygens (including phenoxy) is 2. The molecule has 4 heteroatoms. The average molecular weight is 293 g/mol. The van der Waals surface area contributed by atoms with Gasteiger partial charge < -0.3 is 19.9 Å². The Morgan fingerprint density at radius 3 is 3.05 bits per heavy atom. The predicted octanol–water partition coefficient (Wildman–Crippen LogP) is 2.20. The van der Waals surface area contributed by atoms with Crippen LogP contribution in [0.4, 0.5) is 0 Å². The van der Waals surface area contributed by atoms with Crippen LogP contribution in [0.5, 0.6) is 5.75 Å². The Bertz CT molecular complexity index is 430. The Kier molecular flexibility index (Phi) is 6.49. The molecule has 21 heavy (non-hydrogen) atoms. The molecule has 2 rings (SSSR count). The number of aliphatic hydroxyl groups excluding tert-OH is 1. The smallest absolute Gasteiger partial charge is 0.122 e. The third-order valence-electron chi connectivity index (χ3n) is 3.82. The van der Waals surface area contributed by atoms with Crippen LogP contribution in [0.2, 0.25) is 0 Å². The molecule has 1 aromatic rings. The highest BCUT2D eigenvalue weighted by Gasteiger charge is 2.14. The standard InChI is InChI=1S/C17H27NO3/c1-13-5-6-14(2)17(10-13)21-12-15(19)11-18-8-7-16-4-3-9-20-16/h5-6,10,15-16,18-19H,3-4,7-9,11-12H2,1-2H3. The fourth-order valence-electron chi connectivity index (χ4n) is 2.51. The van der Waals surface area contributed by atoms with Crippen LogP contribution < -0.4 is 10.1 Å². The number of benzene rings is 1. The van der Waals surface area contributed by atoms with Crippen LogP contribution >= 0.6 is 0 Å². The van der Waals surface area contributed by atoms with Crippen molar-refractivity contribution < 1.29 is 14.6 Å². The second-order valence-electron chi connectivity index (χ2n) is 5.86. The molecule has 0 spiro atoms. The van der Waals surface area contributed by atoms with Crippen LogP contribution in [0, 0.1) is 13.8 Å². The molecule has 118 valence electrons. The molecule has 2 atom stereocenters. The third kappa shape index (κ3) is 5.65. The molecular weight excluding hydrogens is 266 g/mol. The van der Waals surface area contributed by atoms with E-state index in [-0.39, 0.29) is 0 Å². The number of hydrogen-bond acceptors (Lipinski definition) is 4. The van der Waals surface area contributed by atoms with E-state index in [1.807, 2.05) is 26.0 Å². The summed E-state index contributed by atoms with van der Waals surface area (Å²) in [5.41, 5.74) is 2.26. The van der Waals surface area contributed by atoms with E-state index < -0.39 is 6.10 Å². The van der Waals surface area contributed by atoms with E-state index in [2.05, 4.69) is 11.4 Å². The van der Waals surface area contributed by atoms with E-state index >= 15 is 0 Å². The van der Waals surface area contributed by atoms with E-state index in [1.54, 1.807) is 0 Å². The molecule has 1 aliphatic rings. The fraction of sp³-hybridized carbons (Fsp3) is 0.647. The summed E-state index contributed by atoms with van der Waals surface area (Å²) in [5.74, 6) is 0.855. The first-order valence-electron chi connectivity index (χ1n) is 7.85. The van der Waals surface area contributed by atoms with E-state index in [1.165, 1.54) is 18.4 Å². The minimum atomic E-state index is -0.491. The normalized spacial score (nSPS) is 19.7. The van der Waals surface area contributed by atoms with Gasteiger partial charge in [0.1, 0.15) is 18.5 Å². The zero-order valence-corrected chi connectivity index (χ0v) is 13.1. The van der Waals surface area contributed by atoms with Crippen LogP contribution in [0.15, 0.2) is 18.2 Å². The number of hydrogen-bond donors (Lipinski definition) is 2. The van der Waals surface area contributed by atoms with Crippen molar-refractivity contribution in [3.8, 4) is 5.75 Å². The summed E-state index contributed by atoms with van der Waals surface area (Å²) in [6, 6.07) is 6.11. The van der Waals surface area contributed by atoms with Gasteiger partial charge in [0.2, 0.25) is 0 Å². The van der Waals surface area contributed by atoms with Crippen LogP contribution in [0.25, 0.3) is 0 Å². The van der Waals surface area contributed by atoms with Crippen molar-refractivity contribution in [3.05, 3.63) is 29.3 Å². The van der Waals surface area contributed by atoms with Gasteiger partial charge in [0.05, 0.1) is 6.10 Å². The van der Waals surface area contributed by atoms with Gasteiger partial charge in [-0.2, -0.15) is 0 Å². The topological polar surface area (TPSA) is 50.7 Å². The molecule has 0 bridgehead atoms. The predicted molar refractivity (Wildman–Crippen MR) is 83.9 cm³/mol. The Morgan fingerprint density at radius 2 is 2.29 bits per heavy atom. The van der Waals surface area contributed by atoms with E-state index in [0.29, 0.717) is 19.3 Å². The molecule has 1 aliphatic heterocycles. The second kappa shape index (κ2) is 8.37. The molecule has 0 aliphatic carbocycles. The van der Waals surface area contributed by atoms with Gasteiger partial charge in [-0.3, -0.25) is 0 Å². The van der Waals surface area contributed by atoms with Gasteiger partial charge in [-0.15, -0.1) is 0 Å². The van der Waals surface area contributed by atoms with Gasteiger partial charge in [0.25, 0.3) is 0 Å². The lowest BCUT2D eigenvalue weighted by molar-refractivity contribution is 0.0940. The van der Waals surface area contributed by atoms with Gasteiger partial charge in [-0.1, -0.05) is 12.1 Å². The summed E-state index contributed by atoms with van der Waals surface area (Å²) in [6.07, 6.45) is 3.27. The second-order valence-corrected chi connectivity index (χ2v) is 5.86. The lowest BCUT2D eigenvalue weighted by atomic mass is 10.1. The monoisotopic (exact) mass is 293 g/mol. The van der Waals surface area contributed by atoms with Crippen molar-refractivity contribution in [3.63, 3.8) is 0 Å². The molecule has 2 N–H and O–H groups in total. The van der Waals surface area contributed by atoms with E-state index in [4.69, 9.17) is 9.47 Å². The van der Waals surface area contributed by atoms with Gasteiger partial charge in [0, 0.05) is 13.2 Å². The maximum Gasteiger partial charge on any atom is 0.122 e. The van der Waals surface area contributed by atoms with Crippen molar-refractivity contribution >= 4 is 0 Å². The van der Waals surface area contributed by atoms with Crippen LogP contribution in [0.1, 0.15) is 30.4 Å². The zero-order chi connectivity index (χ0) is 15.1. The van der Waals surface area contributed by atoms with Crippen LogP contribution in [-0.2, 0) is 4.74 Å². The third-order valence-corrected chi connectivity index (χ3v) is 3.82. The SMILES string of the molecule is Cc1ccc(C)c(OCC(O)CNCCC2CCCO2)c1. The quantitative estimate of drug-likeness (QED) is 0.722.